The van der Waals surface area contributed by atoms with E-state index in [2.05, 4.69) is 4.74 Å². The van der Waals surface area contributed by atoms with Gasteiger partial charge in [0.2, 0.25) is 0 Å². The molecule has 0 aromatic heterocycles. The molecular formula is C6H4O4. The Hall–Kier alpha value is -1.16. The lowest BCUT2D eigenvalue weighted by Gasteiger charge is -1.94. The molecule has 0 bridgehead atoms. The van der Waals surface area contributed by atoms with Gasteiger partial charge in [0, 0.05) is 0 Å². The zero-order chi connectivity index (χ0) is 7.14. The lowest BCUT2D eigenvalue weighted by molar-refractivity contribution is -0.152. The molecule has 0 N–H and O–H groups in total. The number of hydrogen-bond acceptors (Lipinski definition) is 4. The standard InChI is InChI=1S/C6H4O4/c7-5-3-1-9-2-4(3)6(8)10-5/h1-2H2. The van der Waals surface area contributed by atoms with Crippen LogP contribution in [0.4, 0.5) is 0 Å². The molecule has 10 heavy (non-hydrogen) atoms. The molecule has 0 atom stereocenters. The fourth-order valence-electron chi connectivity index (χ4n) is 1.00. The van der Waals surface area contributed by atoms with E-state index in [1.165, 1.54) is 0 Å². The second kappa shape index (κ2) is 1.67. The van der Waals surface area contributed by atoms with Gasteiger partial charge in [-0.25, -0.2) is 9.59 Å². The van der Waals surface area contributed by atoms with E-state index >= 15 is 0 Å². The predicted octanol–water partition coefficient (Wildman–Crippen LogP) is -0.603. The molecule has 2 heterocycles. The molecular weight excluding hydrogens is 136 g/mol. The second-order valence-electron chi connectivity index (χ2n) is 2.13. The van der Waals surface area contributed by atoms with Crippen LogP contribution in [-0.4, -0.2) is 25.2 Å². The molecule has 0 unspecified atom stereocenters. The largest absolute Gasteiger partial charge is 0.386 e. The Kier molecular flexibility index (Phi) is 0.935. The highest BCUT2D eigenvalue weighted by atomic mass is 16.6. The Bertz CT molecular complexity index is 226. The predicted molar refractivity (Wildman–Crippen MR) is 28.9 cm³/mol. The minimum atomic E-state index is -0.544. The van der Waals surface area contributed by atoms with Crippen molar-refractivity contribution in [2.24, 2.45) is 0 Å². The van der Waals surface area contributed by atoms with E-state index in [9.17, 15) is 9.59 Å². The van der Waals surface area contributed by atoms with E-state index in [1.807, 2.05) is 0 Å². The van der Waals surface area contributed by atoms with Gasteiger partial charge in [-0.05, 0) is 0 Å². The summed E-state index contributed by atoms with van der Waals surface area (Å²) in [5.41, 5.74) is 0.787. The number of esters is 2. The monoisotopic (exact) mass is 140 g/mol. The summed E-state index contributed by atoms with van der Waals surface area (Å²) in [5.74, 6) is -1.09. The summed E-state index contributed by atoms with van der Waals surface area (Å²) in [6.07, 6.45) is 0. The van der Waals surface area contributed by atoms with Crippen LogP contribution < -0.4 is 0 Å². The van der Waals surface area contributed by atoms with E-state index in [0.717, 1.165) is 0 Å². The highest BCUT2D eigenvalue weighted by Crippen LogP contribution is 2.22. The van der Waals surface area contributed by atoms with Crippen molar-refractivity contribution in [3.8, 4) is 0 Å². The minimum Gasteiger partial charge on any atom is -0.386 e. The third kappa shape index (κ3) is 0.537. The molecule has 0 amide bonds. The van der Waals surface area contributed by atoms with Crippen LogP contribution >= 0.6 is 0 Å². The lowest BCUT2D eigenvalue weighted by atomic mass is 10.2. The van der Waals surface area contributed by atoms with Crippen LogP contribution in [0.2, 0.25) is 0 Å². The molecule has 0 aliphatic carbocycles. The first-order valence-electron chi connectivity index (χ1n) is 2.85. The first kappa shape index (κ1) is 5.61. The van der Waals surface area contributed by atoms with E-state index in [0.29, 0.717) is 11.1 Å². The topological polar surface area (TPSA) is 52.6 Å². The maximum atomic E-state index is 10.7. The smallest absolute Gasteiger partial charge is 0.344 e. The van der Waals surface area contributed by atoms with Crippen molar-refractivity contribution in [2.45, 2.75) is 0 Å². The zero-order valence-electron chi connectivity index (χ0n) is 5.05. The van der Waals surface area contributed by atoms with E-state index in [1.54, 1.807) is 0 Å². The SMILES string of the molecule is O=C1OC(=O)C2=C1COC2. The molecule has 0 saturated heterocycles. The Morgan fingerprint density at radius 1 is 1.00 bits per heavy atom. The van der Waals surface area contributed by atoms with Gasteiger partial charge in [0.1, 0.15) is 0 Å². The van der Waals surface area contributed by atoms with Gasteiger partial charge in [0.05, 0.1) is 24.4 Å². The molecule has 52 valence electrons. The summed E-state index contributed by atoms with van der Waals surface area (Å²) < 4.78 is 9.15. The Balaban J connectivity index is 2.45. The second-order valence-corrected chi connectivity index (χ2v) is 2.13. The maximum absolute atomic E-state index is 10.7. The average Bonchev–Trinajstić information content (AvgIpc) is 2.39. The summed E-state index contributed by atoms with van der Waals surface area (Å²) in [5, 5.41) is 0. The Morgan fingerprint density at radius 3 is 2.00 bits per heavy atom. The fourth-order valence-corrected chi connectivity index (χ4v) is 1.00. The summed E-state index contributed by atoms with van der Waals surface area (Å²) in [7, 11) is 0. The van der Waals surface area contributed by atoms with Crippen molar-refractivity contribution in [3.63, 3.8) is 0 Å². The highest BCUT2D eigenvalue weighted by molar-refractivity contribution is 6.13. The normalized spacial score (nSPS) is 23.6. The van der Waals surface area contributed by atoms with Gasteiger partial charge in [0.25, 0.3) is 0 Å². The zero-order valence-corrected chi connectivity index (χ0v) is 5.05. The summed E-state index contributed by atoms with van der Waals surface area (Å²) >= 11 is 0. The molecule has 4 nitrogen and oxygen atoms in total. The maximum Gasteiger partial charge on any atom is 0.344 e. The quantitative estimate of drug-likeness (QED) is 0.333. The fraction of sp³-hybridized carbons (Fsp3) is 0.333. The third-order valence-electron chi connectivity index (χ3n) is 1.54. The Morgan fingerprint density at radius 2 is 1.50 bits per heavy atom. The van der Waals surface area contributed by atoms with Gasteiger partial charge in [-0.15, -0.1) is 0 Å². The number of cyclic esters (lactones) is 2. The molecule has 2 rings (SSSR count). The van der Waals surface area contributed by atoms with Crippen LogP contribution in [0.15, 0.2) is 11.1 Å². The number of ether oxygens (including phenoxy) is 2. The van der Waals surface area contributed by atoms with Gasteiger partial charge in [0.15, 0.2) is 0 Å². The van der Waals surface area contributed by atoms with E-state index in [4.69, 9.17) is 4.74 Å². The van der Waals surface area contributed by atoms with Crippen LogP contribution in [0.5, 0.6) is 0 Å². The molecule has 0 saturated carbocycles. The molecule has 0 fully saturated rings. The third-order valence-corrected chi connectivity index (χ3v) is 1.54. The van der Waals surface area contributed by atoms with E-state index in [-0.39, 0.29) is 13.2 Å². The number of carbonyl (C=O) groups is 2. The molecule has 0 aromatic rings. The molecule has 2 aliphatic heterocycles. The molecule has 2 aliphatic rings. The van der Waals surface area contributed by atoms with Crippen molar-refractivity contribution in [1.29, 1.82) is 0 Å². The lowest BCUT2D eigenvalue weighted by Crippen LogP contribution is -2.08. The van der Waals surface area contributed by atoms with Crippen LogP contribution in [0, 0.1) is 0 Å². The van der Waals surface area contributed by atoms with Crippen molar-refractivity contribution in [1.82, 2.24) is 0 Å². The van der Waals surface area contributed by atoms with Gasteiger partial charge in [-0.2, -0.15) is 0 Å². The van der Waals surface area contributed by atoms with Crippen molar-refractivity contribution in [3.05, 3.63) is 11.1 Å². The minimum absolute atomic E-state index is 0.222. The molecule has 0 aromatic carbocycles. The van der Waals surface area contributed by atoms with E-state index < -0.39 is 11.9 Å². The molecule has 0 radical (unpaired) electrons. The summed E-state index contributed by atoms with van der Waals surface area (Å²) in [4.78, 5) is 21.4. The number of hydrogen-bond donors (Lipinski definition) is 0. The van der Waals surface area contributed by atoms with Crippen LogP contribution in [0.3, 0.4) is 0 Å². The Labute approximate surface area is 56.4 Å². The average molecular weight is 140 g/mol. The van der Waals surface area contributed by atoms with Crippen LogP contribution in [0.25, 0.3) is 0 Å². The summed E-state index contributed by atoms with van der Waals surface area (Å²) in [6, 6.07) is 0. The summed E-state index contributed by atoms with van der Waals surface area (Å²) in [6.45, 7) is 0.444. The van der Waals surface area contributed by atoms with Gasteiger partial charge >= 0.3 is 11.9 Å². The van der Waals surface area contributed by atoms with Crippen molar-refractivity contribution < 1.29 is 19.1 Å². The van der Waals surface area contributed by atoms with Crippen LogP contribution in [0.1, 0.15) is 0 Å². The number of carbonyl (C=O) groups excluding carboxylic acids is 2. The van der Waals surface area contributed by atoms with Crippen molar-refractivity contribution >= 4 is 11.9 Å². The first-order valence-corrected chi connectivity index (χ1v) is 2.85. The molecule has 4 heteroatoms. The van der Waals surface area contributed by atoms with Crippen LogP contribution in [-0.2, 0) is 19.1 Å². The van der Waals surface area contributed by atoms with Gasteiger partial charge in [-0.3, -0.25) is 0 Å². The number of rotatable bonds is 0. The highest BCUT2D eigenvalue weighted by Gasteiger charge is 2.36. The first-order chi connectivity index (χ1) is 4.79. The van der Waals surface area contributed by atoms with Crippen molar-refractivity contribution in [2.75, 3.05) is 13.2 Å². The molecule has 0 spiro atoms. The van der Waals surface area contributed by atoms with Gasteiger partial charge < -0.3 is 9.47 Å². The van der Waals surface area contributed by atoms with Gasteiger partial charge in [-0.1, -0.05) is 0 Å².